The second kappa shape index (κ2) is 6.57. The molecule has 2 heterocycles. The summed E-state index contributed by atoms with van der Waals surface area (Å²) in [6, 6.07) is 1.52. The molecule has 0 aliphatic rings. The van der Waals surface area contributed by atoms with Crippen molar-refractivity contribution in [3.8, 4) is 0 Å². The van der Waals surface area contributed by atoms with Gasteiger partial charge in [-0.25, -0.2) is 9.67 Å². The lowest BCUT2D eigenvalue weighted by Crippen LogP contribution is -2.26. The van der Waals surface area contributed by atoms with E-state index in [0.29, 0.717) is 23.4 Å². The zero-order valence-electron chi connectivity index (χ0n) is 11.9. The van der Waals surface area contributed by atoms with Crippen LogP contribution in [-0.4, -0.2) is 21.4 Å². The summed E-state index contributed by atoms with van der Waals surface area (Å²) < 4.78 is 44.0. The summed E-state index contributed by atoms with van der Waals surface area (Å²) in [5.74, 6) is 0. The van der Waals surface area contributed by atoms with E-state index in [0.717, 1.165) is 10.7 Å². The van der Waals surface area contributed by atoms with Crippen molar-refractivity contribution in [2.24, 2.45) is 0 Å². The molecule has 1 atom stereocenters. The number of rotatable bonds is 5. The molecule has 0 N–H and O–H groups in total. The third-order valence-corrected chi connectivity index (χ3v) is 3.86. The largest absolute Gasteiger partial charge is 0.435 e. The first-order valence-electron chi connectivity index (χ1n) is 6.52. The van der Waals surface area contributed by atoms with Gasteiger partial charge in [-0.2, -0.15) is 18.3 Å². The Labute approximate surface area is 128 Å². The predicted octanol–water partition coefficient (Wildman–Crippen LogP) is 2.86. The standard InChI is InChI=1S/C13H14F3N3O2S/c1-3-21-8(2)12-17-9(7-22-12)6-19-11(20)5-4-10(18-19)13(14,15)16/h4-5,7-8H,3,6H2,1-2H3. The third kappa shape index (κ3) is 3.92. The Kier molecular flexibility index (Phi) is 4.97. The van der Waals surface area contributed by atoms with Gasteiger partial charge in [-0.1, -0.05) is 0 Å². The maximum atomic E-state index is 12.6. The minimum Gasteiger partial charge on any atom is -0.372 e. The van der Waals surface area contributed by atoms with Crippen molar-refractivity contribution in [1.82, 2.24) is 14.8 Å². The van der Waals surface area contributed by atoms with Crippen LogP contribution in [0.2, 0.25) is 0 Å². The summed E-state index contributed by atoms with van der Waals surface area (Å²) in [6.07, 6.45) is -4.79. The molecule has 5 nitrogen and oxygen atoms in total. The average Bonchev–Trinajstić information content (AvgIpc) is 2.89. The van der Waals surface area contributed by atoms with Gasteiger partial charge >= 0.3 is 6.18 Å². The molecule has 0 amide bonds. The molecule has 0 aliphatic heterocycles. The molecule has 2 aromatic rings. The van der Waals surface area contributed by atoms with Crippen LogP contribution in [0.15, 0.2) is 22.3 Å². The molecule has 0 aromatic carbocycles. The van der Waals surface area contributed by atoms with Gasteiger partial charge in [0.1, 0.15) is 11.1 Å². The second-order valence-electron chi connectivity index (χ2n) is 4.49. The van der Waals surface area contributed by atoms with Gasteiger partial charge in [0.2, 0.25) is 0 Å². The van der Waals surface area contributed by atoms with Crippen LogP contribution >= 0.6 is 11.3 Å². The van der Waals surface area contributed by atoms with Gasteiger partial charge in [-0.05, 0) is 19.9 Å². The number of nitrogens with zero attached hydrogens (tertiary/aromatic N) is 3. The predicted molar refractivity (Wildman–Crippen MR) is 74.8 cm³/mol. The van der Waals surface area contributed by atoms with E-state index < -0.39 is 17.4 Å². The van der Waals surface area contributed by atoms with E-state index in [1.807, 2.05) is 13.8 Å². The molecule has 0 saturated heterocycles. The number of ether oxygens (including phenoxy) is 1. The lowest BCUT2D eigenvalue weighted by atomic mass is 10.4. The highest BCUT2D eigenvalue weighted by Gasteiger charge is 2.33. The molecule has 0 spiro atoms. The Morgan fingerprint density at radius 1 is 1.41 bits per heavy atom. The fourth-order valence-electron chi connectivity index (χ4n) is 1.77. The molecule has 0 radical (unpaired) electrons. The summed E-state index contributed by atoms with van der Waals surface area (Å²) in [4.78, 5) is 15.9. The first-order chi connectivity index (χ1) is 10.3. The third-order valence-electron chi connectivity index (χ3n) is 2.80. The fraction of sp³-hybridized carbons (Fsp3) is 0.462. The summed E-state index contributed by atoms with van der Waals surface area (Å²) in [5.41, 5.74) is -1.24. The lowest BCUT2D eigenvalue weighted by molar-refractivity contribution is -0.142. The summed E-state index contributed by atoms with van der Waals surface area (Å²) in [5, 5.41) is 5.73. The number of hydrogen-bond donors (Lipinski definition) is 0. The zero-order chi connectivity index (χ0) is 16.3. The van der Waals surface area contributed by atoms with E-state index in [4.69, 9.17) is 4.74 Å². The highest BCUT2D eigenvalue weighted by atomic mass is 32.1. The van der Waals surface area contributed by atoms with Crippen LogP contribution in [0.25, 0.3) is 0 Å². The summed E-state index contributed by atoms with van der Waals surface area (Å²) in [7, 11) is 0. The maximum Gasteiger partial charge on any atom is 0.435 e. The first-order valence-corrected chi connectivity index (χ1v) is 7.40. The van der Waals surface area contributed by atoms with Gasteiger partial charge in [0.15, 0.2) is 5.69 Å². The molecular formula is C13H14F3N3O2S. The van der Waals surface area contributed by atoms with Gasteiger partial charge in [0, 0.05) is 18.1 Å². The topological polar surface area (TPSA) is 57.0 Å². The molecule has 2 rings (SSSR count). The molecule has 2 aromatic heterocycles. The van der Waals surface area contributed by atoms with Crippen LogP contribution in [0.5, 0.6) is 0 Å². The molecule has 9 heteroatoms. The Hall–Kier alpha value is -1.74. The Bertz CT molecular complexity index is 696. The van der Waals surface area contributed by atoms with Crippen LogP contribution in [0.1, 0.15) is 36.3 Å². The smallest absolute Gasteiger partial charge is 0.372 e. The Morgan fingerprint density at radius 2 is 2.14 bits per heavy atom. The zero-order valence-corrected chi connectivity index (χ0v) is 12.7. The van der Waals surface area contributed by atoms with Crippen LogP contribution in [0.3, 0.4) is 0 Å². The van der Waals surface area contributed by atoms with Gasteiger partial charge in [0.25, 0.3) is 5.56 Å². The lowest BCUT2D eigenvalue weighted by Gasteiger charge is -2.08. The quantitative estimate of drug-likeness (QED) is 0.844. The minimum absolute atomic E-state index is 0.113. The van der Waals surface area contributed by atoms with Crippen molar-refractivity contribution in [3.63, 3.8) is 0 Å². The number of aromatic nitrogens is 3. The molecular weight excluding hydrogens is 319 g/mol. The highest BCUT2D eigenvalue weighted by molar-refractivity contribution is 7.09. The van der Waals surface area contributed by atoms with Gasteiger partial charge < -0.3 is 4.74 Å². The van der Waals surface area contributed by atoms with Gasteiger partial charge in [0.05, 0.1) is 12.2 Å². The molecule has 0 fully saturated rings. The number of alkyl halides is 3. The van der Waals surface area contributed by atoms with E-state index in [1.54, 1.807) is 5.38 Å². The van der Waals surface area contributed by atoms with Crippen LogP contribution in [0, 0.1) is 0 Å². The van der Waals surface area contributed by atoms with E-state index >= 15 is 0 Å². The summed E-state index contributed by atoms with van der Waals surface area (Å²) in [6.45, 7) is 4.11. The first kappa shape index (κ1) is 16.6. The van der Waals surface area contributed by atoms with Crippen LogP contribution in [-0.2, 0) is 17.5 Å². The maximum absolute atomic E-state index is 12.6. The van der Waals surface area contributed by atoms with Crippen molar-refractivity contribution < 1.29 is 17.9 Å². The van der Waals surface area contributed by atoms with E-state index in [9.17, 15) is 18.0 Å². The van der Waals surface area contributed by atoms with Crippen molar-refractivity contribution in [2.75, 3.05) is 6.61 Å². The van der Waals surface area contributed by atoms with Crippen molar-refractivity contribution in [1.29, 1.82) is 0 Å². The van der Waals surface area contributed by atoms with Gasteiger partial charge in [-0.15, -0.1) is 11.3 Å². The van der Waals surface area contributed by atoms with Gasteiger partial charge in [-0.3, -0.25) is 4.79 Å². The number of halogens is 3. The molecule has 0 aliphatic carbocycles. The minimum atomic E-state index is -4.59. The number of thiazole rings is 1. The molecule has 120 valence electrons. The van der Waals surface area contributed by atoms with E-state index in [1.165, 1.54) is 11.3 Å². The highest BCUT2D eigenvalue weighted by Crippen LogP contribution is 2.26. The average molecular weight is 333 g/mol. The van der Waals surface area contributed by atoms with Crippen LogP contribution < -0.4 is 5.56 Å². The molecule has 1 unspecified atom stereocenters. The SMILES string of the molecule is CCOC(C)c1nc(Cn2nc(C(F)(F)F)ccc2=O)cs1. The normalized spacial score (nSPS) is 13.3. The summed E-state index contributed by atoms with van der Waals surface area (Å²) >= 11 is 1.33. The Morgan fingerprint density at radius 3 is 2.77 bits per heavy atom. The van der Waals surface area contributed by atoms with Crippen molar-refractivity contribution >= 4 is 11.3 Å². The molecule has 22 heavy (non-hydrogen) atoms. The van der Waals surface area contributed by atoms with Crippen molar-refractivity contribution in [2.45, 2.75) is 32.7 Å². The van der Waals surface area contributed by atoms with E-state index in [-0.39, 0.29) is 12.6 Å². The number of hydrogen-bond acceptors (Lipinski definition) is 5. The molecule has 0 bridgehead atoms. The Balaban J connectivity index is 2.22. The van der Waals surface area contributed by atoms with Crippen LogP contribution in [0.4, 0.5) is 13.2 Å². The second-order valence-corrected chi connectivity index (χ2v) is 5.38. The monoisotopic (exact) mass is 333 g/mol. The fourth-order valence-corrected chi connectivity index (χ4v) is 2.58. The van der Waals surface area contributed by atoms with E-state index in [2.05, 4.69) is 10.1 Å². The van der Waals surface area contributed by atoms with Crippen molar-refractivity contribution in [3.05, 3.63) is 44.3 Å². The molecule has 0 saturated carbocycles.